The molecule has 5 nitrogen and oxygen atoms in total. The van der Waals surface area contributed by atoms with Gasteiger partial charge in [0.15, 0.2) is 0 Å². The van der Waals surface area contributed by atoms with Crippen molar-refractivity contribution < 1.29 is 5.11 Å². The molecule has 0 bridgehead atoms. The van der Waals surface area contributed by atoms with E-state index in [-0.39, 0.29) is 5.75 Å². The van der Waals surface area contributed by atoms with E-state index >= 15 is 0 Å². The number of aromatic hydroxyl groups is 1. The van der Waals surface area contributed by atoms with Crippen LogP contribution in [0.5, 0.6) is 5.75 Å². The largest absolute Gasteiger partial charge is 0.507 e. The fraction of sp³-hybridized carbons (Fsp3) is 0.250. The Balaban J connectivity index is 2.07. The van der Waals surface area contributed by atoms with Gasteiger partial charge in [-0.15, -0.1) is 0 Å². The molecule has 0 atom stereocenters. The van der Waals surface area contributed by atoms with Crippen molar-refractivity contribution in [2.24, 2.45) is 5.10 Å². The van der Waals surface area contributed by atoms with Crippen LogP contribution in [0, 0.1) is 0 Å². The van der Waals surface area contributed by atoms with Crippen LogP contribution in [-0.4, -0.2) is 29.4 Å². The third kappa shape index (κ3) is 3.95. The Morgan fingerprint density at radius 1 is 1.24 bits per heavy atom. The van der Waals surface area contributed by atoms with Crippen LogP contribution in [0.25, 0.3) is 0 Å². The lowest BCUT2D eigenvalue weighted by atomic mass is 10.2. The van der Waals surface area contributed by atoms with E-state index in [1.807, 2.05) is 30.3 Å². The van der Waals surface area contributed by atoms with Gasteiger partial charge in [-0.1, -0.05) is 6.07 Å². The molecule has 2 aromatic rings. The summed E-state index contributed by atoms with van der Waals surface area (Å²) in [4.78, 5) is 6.27. The number of phenols is 1. The van der Waals surface area contributed by atoms with E-state index < -0.39 is 0 Å². The molecule has 1 aromatic carbocycles. The van der Waals surface area contributed by atoms with Gasteiger partial charge in [0, 0.05) is 36.6 Å². The van der Waals surface area contributed by atoms with E-state index in [0.29, 0.717) is 11.4 Å². The lowest BCUT2D eigenvalue weighted by molar-refractivity contribution is 0.474. The topological polar surface area (TPSA) is 60.8 Å². The van der Waals surface area contributed by atoms with Crippen molar-refractivity contribution in [2.75, 3.05) is 23.4 Å². The normalized spacial score (nSPS) is 10.8. The second kappa shape index (κ2) is 7.28. The standard InChI is InChI=1S/C16H20N4O/c1-3-20(4-2)14-9-8-13(15(21)11-14)12-18-19-16-7-5-6-10-17-16/h5-12,21H,3-4H2,1-2H3,(H,17,19). The molecular formula is C16H20N4O. The second-order valence-corrected chi connectivity index (χ2v) is 4.50. The molecule has 0 radical (unpaired) electrons. The number of benzene rings is 1. The first-order valence-corrected chi connectivity index (χ1v) is 7.02. The number of rotatable bonds is 6. The molecule has 0 saturated heterocycles. The molecule has 5 heteroatoms. The van der Waals surface area contributed by atoms with Gasteiger partial charge in [0.05, 0.1) is 6.21 Å². The molecule has 0 aliphatic heterocycles. The molecule has 0 spiro atoms. The van der Waals surface area contributed by atoms with Crippen LogP contribution in [0.1, 0.15) is 19.4 Å². The summed E-state index contributed by atoms with van der Waals surface area (Å²) in [5, 5.41) is 14.1. The highest BCUT2D eigenvalue weighted by Crippen LogP contribution is 2.23. The molecule has 0 fully saturated rings. The van der Waals surface area contributed by atoms with Gasteiger partial charge in [-0.3, -0.25) is 5.43 Å². The number of hydrazone groups is 1. The maximum Gasteiger partial charge on any atom is 0.146 e. The number of hydrogen-bond acceptors (Lipinski definition) is 5. The van der Waals surface area contributed by atoms with Crippen molar-refractivity contribution in [3.63, 3.8) is 0 Å². The Morgan fingerprint density at radius 2 is 2.05 bits per heavy atom. The zero-order valence-corrected chi connectivity index (χ0v) is 12.3. The Labute approximate surface area is 125 Å². The minimum atomic E-state index is 0.214. The molecule has 1 heterocycles. The van der Waals surface area contributed by atoms with E-state index in [4.69, 9.17) is 0 Å². The molecule has 21 heavy (non-hydrogen) atoms. The predicted molar refractivity (Wildman–Crippen MR) is 87.1 cm³/mol. The van der Waals surface area contributed by atoms with E-state index in [2.05, 4.69) is 34.3 Å². The summed E-state index contributed by atoms with van der Waals surface area (Å²) in [6, 6.07) is 11.1. The van der Waals surface area contributed by atoms with Crippen LogP contribution in [0.3, 0.4) is 0 Å². The van der Waals surface area contributed by atoms with Crippen LogP contribution in [0.4, 0.5) is 11.5 Å². The second-order valence-electron chi connectivity index (χ2n) is 4.50. The average molecular weight is 284 g/mol. The molecule has 0 amide bonds. The fourth-order valence-corrected chi connectivity index (χ4v) is 2.02. The monoisotopic (exact) mass is 284 g/mol. The molecule has 0 aliphatic rings. The third-order valence-corrected chi connectivity index (χ3v) is 3.19. The van der Waals surface area contributed by atoms with E-state index in [0.717, 1.165) is 18.8 Å². The molecule has 0 saturated carbocycles. The van der Waals surface area contributed by atoms with Gasteiger partial charge in [0.1, 0.15) is 11.6 Å². The van der Waals surface area contributed by atoms with Crippen molar-refractivity contribution in [3.05, 3.63) is 48.2 Å². The van der Waals surface area contributed by atoms with Gasteiger partial charge in [-0.05, 0) is 38.1 Å². The SMILES string of the molecule is CCN(CC)c1ccc(C=NNc2ccccn2)c(O)c1. The quantitative estimate of drug-likeness (QED) is 0.632. The summed E-state index contributed by atoms with van der Waals surface area (Å²) in [5.74, 6) is 0.874. The van der Waals surface area contributed by atoms with Crippen molar-refractivity contribution in [1.82, 2.24) is 4.98 Å². The van der Waals surface area contributed by atoms with Crippen molar-refractivity contribution in [3.8, 4) is 5.75 Å². The number of aromatic nitrogens is 1. The van der Waals surface area contributed by atoms with Crippen LogP contribution in [0.15, 0.2) is 47.7 Å². The molecule has 110 valence electrons. The van der Waals surface area contributed by atoms with Gasteiger partial charge < -0.3 is 10.0 Å². The minimum absolute atomic E-state index is 0.214. The Morgan fingerprint density at radius 3 is 2.67 bits per heavy atom. The van der Waals surface area contributed by atoms with Gasteiger partial charge in [-0.2, -0.15) is 5.10 Å². The lowest BCUT2D eigenvalue weighted by Crippen LogP contribution is -2.21. The fourth-order valence-electron chi connectivity index (χ4n) is 2.02. The summed E-state index contributed by atoms with van der Waals surface area (Å²) in [6.45, 7) is 5.99. The van der Waals surface area contributed by atoms with Gasteiger partial charge >= 0.3 is 0 Å². The molecule has 2 N–H and O–H groups in total. The van der Waals surface area contributed by atoms with E-state index in [1.165, 1.54) is 0 Å². The molecule has 1 aromatic heterocycles. The predicted octanol–water partition coefficient (Wildman–Crippen LogP) is 3.08. The minimum Gasteiger partial charge on any atom is -0.507 e. The Kier molecular flexibility index (Phi) is 5.15. The number of hydrogen-bond donors (Lipinski definition) is 2. The van der Waals surface area contributed by atoms with Crippen LogP contribution >= 0.6 is 0 Å². The molecular weight excluding hydrogens is 264 g/mol. The number of pyridine rings is 1. The number of anilines is 2. The van der Waals surface area contributed by atoms with Crippen LogP contribution in [-0.2, 0) is 0 Å². The summed E-state index contributed by atoms with van der Waals surface area (Å²) in [7, 11) is 0. The van der Waals surface area contributed by atoms with E-state index in [9.17, 15) is 5.11 Å². The summed E-state index contributed by atoms with van der Waals surface area (Å²) in [6.07, 6.45) is 3.27. The van der Waals surface area contributed by atoms with Gasteiger partial charge in [-0.25, -0.2) is 4.98 Å². The highest BCUT2D eigenvalue weighted by Gasteiger charge is 2.05. The first-order valence-electron chi connectivity index (χ1n) is 7.02. The number of phenolic OH excluding ortho intramolecular Hbond substituents is 1. The van der Waals surface area contributed by atoms with Crippen LogP contribution < -0.4 is 10.3 Å². The zero-order valence-electron chi connectivity index (χ0n) is 12.3. The molecule has 0 unspecified atom stereocenters. The number of nitrogens with one attached hydrogen (secondary N) is 1. The highest BCUT2D eigenvalue weighted by molar-refractivity contribution is 5.84. The van der Waals surface area contributed by atoms with Gasteiger partial charge in [0.2, 0.25) is 0 Å². The first kappa shape index (κ1) is 14.8. The summed E-state index contributed by atoms with van der Waals surface area (Å²) in [5.41, 5.74) is 4.49. The highest BCUT2D eigenvalue weighted by atomic mass is 16.3. The Bertz CT molecular complexity index is 594. The Hall–Kier alpha value is -2.56. The molecule has 2 rings (SSSR count). The maximum absolute atomic E-state index is 10.1. The lowest BCUT2D eigenvalue weighted by Gasteiger charge is -2.21. The summed E-state index contributed by atoms with van der Waals surface area (Å²) < 4.78 is 0. The zero-order chi connectivity index (χ0) is 15.1. The van der Waals surface area contributed by atoms with Crippen molar-refractivity contribution in [1.29, 1.82) is 0 Å². The first-order chi connectivity index (χ1) is 10.2. The smallest absolute Gasteiger partial charge is 0.146 e. The number of nitrogens with zero attached hydrogens (tertiary/aromatic N) is 3. The maximum atomic E-state index is 10.1. The average Bonchev–Trinajstić information content (AvgIpc) is 2.51. The van der Waals surface area contributed by atoms with Gasteiger partial charge in [0.25, 0.3) is 0 Å². The van der Waals surface area contributed by atoms with Crippen molar-refractivity contribution >= 4 is 17.7 Å². The summed E-state index contributed by atoms with van der Waals surface area (Å²) >= 11 is 0. The third-order valence-electron chi connectivity index (χ3n) is 3.19. The van der Waals surface area contributed by atoms with E-state index in [1.54, 1.807) is 18.5 Å². The van der Waals surface area contributed by atoms with Crippen molar-refractivity contribution in [2.45, 2.75) is 13.8 Å². The van der Waals surface area contributed by atoms with Crippen LogP contribution in [0.2, 0.25) is 0 Å². The molecule has 0 aliphatic carbocycles.